The number of furan rings is 1. The number of benzene rings is 2. The largest absolute Gasteiger partial charge is 0.451 e. The summed E-state index contributed by atoms with van der Waals surface area (Å²) in [6, 6.07) is 13.5. The monoisotopic (exact) mass is 419 g/mol. The van der Waals surface area contributed by atoms with Gasteiger partial charge in [-0.05, 0) is 43.7 Å². The fraction of sp³-hybridized carbons (Fsp3) is 0.200. The average molecular weight is 420 g/mol. The lowest BCUT2D eigenvalue weighted by molar-refractivity contribution is 0.0998. The number of nitrogens with one attached hydrogen (secondary N) is 1. The molecule has 2 aromatic carbocycles. The third kappa shape index (κ3) is 3.86. The van der Waals surface area contributed by atoms with Crippen LogP contribution in [-0.2, 0) is 5.54 Å². The van der Waals surface area contributed by atoms with Crippen LogP contribution in [0.4, 0.5) is 10.1 Å². The van der Waals surface area contributed by atoms with Crippen molar-refractivity contribution in [3.05, 3.63) is 65.7 Å². The fourth-order valence-electron chi connectivity index (χ4n) is 3.18. The Morgan fingerprint density at radius 1 is 1.29 bits per heavy atom. The van der Waals surface area contributed by atoms with E-state index in [0.717, 1.165) is 11.1 Å². The number of nitrogens with zero attached hydrogens (tertiary/aromatic N) is 1. The molecule has 146 valence electrons. The first kappa shape index (κ1) is 20.2. The minimum Gasteiger partial charge on any atom is -0.451 e. The highest BCUT2D eigenvalue weighted by molar-refractivity contribution is 8.13. The van der Waals surface area contributed by atoms with Crippen LogP contribution in [0.3, 0.4) is 0 Å². The van der Waals surface area contributed by atoms with E-state index in [2.05, 4.69) is 10.3 Å². The first-order valence-corrected chi connectivity index (χ1v) is 9.51. The molecular formula is C20H19ClFN3O2S. The van der Waals surface area contributed by atoms with Gasteiger partial charge < -0.3 is 15.5 Å². The number of fused-ring (bicyclic) bond motifs is 1. The standard InChI is InChI=1S/C20H18FN3O2S.ClH/c1-20(8-9-27-19(22)24-20)14-11-13(6-7-15(14)21)23-18(25)17-10-12-4-2-3-5-16(12)26-17;/h2-7,10-11H,8-9H2,1H3,(H2,22,24)(H,23,25);1H/t20-;/m0./s1. The van der Waals surface area contributed by atoms with E-state index < -0.39 is 11.4 Å². The van der Waals surface area contributed by atoms with Crippen LogP contribution < -0.4 is 11.1 Å². The van der Waals surface area contributed by atoms with Crippen molar-refractivity contribution in [1.29, 1.82) is 0 Å². The maximum Gasteiger partial charge on any atom is 0.291 e. The molecule has 3 aromatic rings. The molecule has 0 bridgehead atoms. The molecule has 4 rings (SSSR count). The van der Waals surface area contributed by atoms with Crippen molar-refractivity contribution in [2.45, 2.75) is 18.9 Å². The predicted molar refractivity (Wildman–Crippen MR) is 114 cm³/mol. The third-order valence-corrected chi connectivity index (χ3v) is 5.44. The Balaban J connectivity index is 0.00000225. The molecule has 1 atom stereocenters. The lowest BCUT2D eigenvalue weighted by atomic mass is 9.89. The van der Waals surface area contributed by atoms with Crippen LogP contribution in [0.15, 0.2) is 57.9 Å². The Kier molecular flexibility index (Phi) is 5.67. The van der Waals surface area contributed by atoms with Crippen molar-refractivity contribution in [1.82, 2.24) is 0 Å². The molecule has 1 amide bonds. The van der Waals surface area contributed by atoms with Gasteiger partial charge >= 0.3 is 0 Å². The van der Waals surface area contributed by atoms with Gasteiger partial charge in [0, 0.05) is 22.4 Å². The molecule has 8 heteroatoms. The number of amidine groups is 1. The molecule has 28 heavy (non-hydrogen) atoms. The number of carbonyl (C=O) groups excluding carboxylic acids is 1. The van der Waals surface area contributed by atoms with Crippen LogP contribution >= 0.6 is 24.2 Å². The summed E-state index contributed by atoms with van der Waals surface area (Å²) in [5.74, 6) is 0.198. The van der Waals surface area contributed by atoms with E-state index in [-0.39, 0.29) is 24.0 Å². The van der Waals surface area contributed by atoms with Gasteiger partial charge in [0.15, 0.2) is 10.9 Å². The normalized spacial score (nSPS) is 19.0. The number of thioether (sulfide) groups is 1. The third-order valence-electron chi connectivity index (χ3n) is 4.65. The molecule has 0 saturated carbocycles. The highest BCUT2D eigenvalue weighted by Gasteiger charge is 2.32. The van der Waals surface area contributed by atoms with Crippen LogP contribution in [-0.4, -0.2) is 16.8 Å². The van der Waals surface area contributed by atoms with Crippen LogP contribution in [0.5, 0.6) is 0 Å². The Morgan fingerprint density at radius 3 is 2.82 bits per heavy atom. The second-order valence-electron chi connectivity index (χ2n) is 6.62. The number of nitrogens with two attached hydrogens (primary N) is 1. The van der Waals surface area contributed by atoms with E-state index in [9.17, 15) is 9.18 Å². The fourth-order valence-corrected chi connectivity index (χ4v) is 4.16. The van der Waals surface area contributed by atoms with Crippen molar-refractivity contribution in [3.8, 4) is 0 Å². The summed E-state index contributed by atoms with van der Waals surface area (Å²) in [6.45, 7) is 1.85. The lowest BCUT2D eigenvalue weighted by Crippen LogP contribution is -2.29. The molecule has 0 unspecified atom stereocenters. The molecular weight excluding hydrogens is 401 g/mol. The molecule has 1 aromatic heterocycles. The summed E-state index contributed by atoms with van der Waals surface area (Å²) >= 11 is 1.46. The van der Waals surface area contributed by atoms with Gasteiger partial charge in [-0.1, -0.05) is 30.0 Å². The molecule has 0 fully saturated rings. The zero-order chi connectivity index (χ0) is 19.0. The molecule has 0 radical (unpaired) electrons. The van der Waals surface area contributed by atoms with Gasteiger partial charge in [0.25, 0.3) is 5.91 Å². The Labute approximate surface area is 172 Å². The van der Waals surface area contributed by atoms with Gasteiger partial charge in [-0.3, -0.25) is 9.79 Å². The molecule has 1 aliphatic rings. The van der Waals surface area contributed by atoms with Gasteiger partial charge in [0.05, 0.1) is 5.54 Å². The highest BCUT2D eigenvalue weighted by atomic mass is 35.5. The lowest BCUT2D eigenvalue weighted by Gasteiger charge is -2.30. The number of anilines is 1. The molecule has 0 aliphatic carbocycles. The van der Waals surface area contributed by atoms with Gasteiger partial charge in [0.1, 0.15) is 11.4 Å². The number of hydrogen-bond acceptors (Lipinski definition) is 5. The summed E-state index contributed by atoms with van der Waals surface area (Å²) in [5, 5.41) is 4.06. The molecule has 0 spiro atoms. The van der Waals surface area contributed by atoms with Crippen LogP contribution in [0.25, 0.3) is 11.0 Å². The summed E-state index contributed by atoms with van der Waals surface area (Å²) in [5.41, 5.74) is 6.61. The molecule has 0 saturated heterocycles. The highest BCUT2D eigenvalue weighted by Crippen LogP contribution is 2.37. The van der Waals surface area contributed by atoms with Crippen LogP contribution in [0, 0.1) is 5.82 Å². The van der Waals surface area contributed by atoms with Crippen molar-refractivity contribution in [2.24, 2.45) is 10.7 Å². The topological polar surface area (TPSA) is 80.6 Å². The molecule has 3 N–H and O–H groups in total. The number of carbonyl (C=O) groups is 1. The zero-order valence-corrected chi connectivity index (χ0v) is 16.7. The Morgan fingerprint density at radius 2 is 2.07 bits per heavy atom. The molecule has 1 aliphatic heterocycles. The first-order chi connectivity index (χ1) is 12.9. The zero-order valence-electron chi connectivity index (χ0n) is 15.1. The van der Waals surface area contributed by atoms with Crippen molar-refractivity contribution < 1.29 is 13.6 Å². The van der Waals surface area contributed by atoms with Gasteiger partial charge in [-0.2, -0.15) is 0 Å². The van der Waals surface area contributed by atoms with Crippen molar-refractivity contribution in [2.75, 3.05) is 11.1 Å². The number of aliphatic imine (C=N–C) groups is 1. The second kappa shape index (κ2) is 7.85. The smallest absolute Gasteiger partial charge is 0.291 e. The summed E-state index contributed by atoms with van der Waals surface area (Å²) in [7, 11) is 0. The molecule has 5 nitrogen and oxygen atoms in total. The molecule has 2 heterocycles. The number of amides is 1. The Hall–Kier alpha value is -2.51. The van der Waals surface area contributed by atoms with E-state index >= 15 is 0 Å². The van der Waals surface area contributed by atoms with Crippen LogP contribution in [0.2, 0.25) is 0 Å². The van der Waals surface area contributed by atoms with Gasteiger partial charge in [0.2, 0.25) is 0 Å². The van der Waals surface area contributed by atoms with Crippen LogP contribution in [0.1, 0.15) is 29.5 Å². The van der Waals surface area contributed by atoms with Gasteiger partial charge in [-0.25, -0.2) is 4.39 Å². The van der Waals surface area contributed by atoms with Gasteiger partial charge in [-0.15, -0.1) is 12.4 Å². The Bertz CT molecular complexity index is 1040. The van der Waals surface area contributed by atoms with E-state index in [1.165, 1.54) is 23.9 Å². The maximum absolute atomic E-state index is 14.5. The van der Waals surface area contributed by atoms with E-state index in [4.69, 9.17) is 10.2 Å². The average Bonchev–Trinajstić information content (AvgIpc) is 3.07. The summed E-state index contributed by atoms with van der Waals surface area (Å²) < 4.78 is 20.1. The van der Waals surface area contributed by atoms with E-state index in [1.807, 2.05) is 25.1 Å². The minimum absolute atomic E-state index is 0. The number of rotatable bonds is 3. The maximum atomic E-state index is 14.5. The summed E-state index contributed by atoms with van der Waals surface area (Å²) in [6.07, 6.45) is 0.663. The second-order valence-corrected chi connectivity index (χ2v) is 7.73. The quantitative estimate of drug-likeness (QED) is 0.631. The predicted octanol–water partition coefficient (Wildman–Crippen LogP) is 4.91. The number of para-hydroxylation sites is 1. The SMILES string of the molecule is C[C@@]1(c2cc(NC(=O)c3cc4ccccc4o3)ccc2F)CCSC(N)=N1.Cl. The van der Waals surface area contributed by atoms with Crippen molar-refractivity contribution in [3.63, 3.8) is 0 Å². The first-order valence-electron chi connectivity index (χ1n) is 8.53. The van der Waals surface area contributed by atoms with E-state index in [1.54, 1.807) is 18.2 Å². The van der Waals surface area contributed by atoms with Crippen molar-refractivity contribution >= 4 is 51.9 Å². The number of halogens is 2. The van der Waals surface area contributed by atoms with E-state index in [0.29, 0.717) is 28.4 Å². The summed E-state index contributed by atoms with van der Waals surface area (Å²) in [4.78, 5) is 17.0. The number of hydrogen-bond donors (Lipinski definition) is 2. The minimum atomic E-state index is -0.750.